The Bertz CT molecular complexity index is 1110. The van der Waals surface area contributed by atoms with Gasteiger partial charge in [0.05, 0.1) is 18.9 Å². The highest BCUT2D eigenvalue weighted by Gasteiger charge is 2.54. The summed E-state index contributed by atoms with van der Waals surface area (Å²) in [4.78, 5) is 73.1. The Labute approximate surface area is 253 Å². The van der Waals surface area contributed by atoms with Crippen molar-refractivity contribution in [3.05, 3.63) is 23.5 Å². The third-order valence-electron chi connectivity index (χ3n) is 6.17. The van der Waals surface area contributed by atoms with Gasteiger partial charge in [0.15, 0.2) is 23.4 Å². The number of thioether (sulfide) groups is 1. The molecule has 1 fully saturated rings. The molecule has 0 amide bonds. The molecule has 7 atom stereocenters. The van der Waals surface area contributed by atoms with Crippen LogP contribution in [0.25, 0.3) is 0 Å². The first-order valence-electron chi connectivity index (χ1n) is 13.5. The summed E-state index contributed by atoms with van der Waals surface area (Å²) >= 11 is 1.13. The fourth-order valence-corrected chi connectivity index (χ4v) is 5.20. The molecular formula is C28H38O14S. The van der Waals surface area contributed by atoms with Crippen LogP contribution in [0.15, 0.2) is 23.5 Å². The van der Waals surface area contributed by atoms with Gasteiger partial charge in [-0.1, -0.05) is 24.8 Å². The topological polar surface area (TPSA) is 176 Å². The van der Waals surface area contributed by atoms with Crippen LogP contribution >= 0.6 is 11.8 Å². The highest BCUT2D eigenvalue weighted by Crippen LogP contribution is 2.38. The van der Waals surface area contributed by atoms with Crippen LogP contribution in [0, 0.1) is 5.92 Å². The molecule has 0 spiro atoms. The maximum absolute atomic E-state index is 12.8. The zero-order chi connectivity index (χ0) is 32.3. The summed E-state index contributed by atoms with van der Waals surface area (Å²) in [5, 5.41) is -0.172. The van der Waals surface area contributed by atoms with E-state index < -0.39 is 79.4 Å². The van der Waals surface area contributed by atoms with Gasteiger partial charge in [-0.05, 0) is 13.3 Å². The molecule has 0 aromatic rings. The molecule has 0 aliphatic carbocycles. The highest BCUT2D eigenvalue weighted by atomic mass is 32.2. The molecule has 240 valence electrons. The third kappa shape index (κ3) is 10.4. The number of hydrogen-bond donors (Lipinski definition) is 0. The molecule has 0 aromatic carbocycles. The standard InChI is InChI=1S/C28H38O14S/c1-8-10-43-22(33)11-19-18(9-2)27(37-12-20(19)26(34)35-7)42-28-25(40-17(6)32)24(39-16(5)31)23(38-15(4)30)21(41-28)13-36-14(3)29/h9,12,19,21,23-25,27-28H,8,10-11,13H2,1-7H3/b18-9+/t19-,21+,23+,24-,25+,27-,28-/m0/s1. The fraction of sp³-hybridized carbons (Fsp3) is 0.643. The van der Waals surface area contributed by atoms with Gasteiger partial charge < -0.3 is 37.9 Å². The molecule has 0 aromatic heterocycles. The molecule has 2 heterocycles. The summed E-state index contributed by atoms with van der Waals surface area (Å²) < 4.78 is 44.1. The van der Waals surface area contributed by atoms with Crippen LogP contribution in [0.1, 0.15) is 54.4 Å². The number of carbonyl (C=O) groups excluding carboxylic acids is 6. The lowest BCUT2D eigenvalue weighted by atomic mass is 9.86. The lowest BCUT2D eigenvalue weighted by Gasteiger charge is -2.45. The fourth-order valence-electron chi connectivity index (χ4n) is 4.49. The molecule has 14 nitrogen and oxygen atoms in total. The smallest absolute Gasteiger partial charge is 0.337 e. The van der Waals surface area contributed by atoms with Crippen molar-refractivity contribution in [3.8, 4) is 0 Å². The van der Waals surface area contributed by atoms with Crippen LogP contribution in [-0.2, 0) is 66.7 Å². The molecule has 0 unspecified atom stereocenters. The first kappa shape index (κ1) is 35.8. The maximum atomic E-state index is 12.8. The lowest BCUT2D eigenvalue weighted by Crippen LogP contribution is -2.63. The van der Waals surface area contributed by atoms with Gasteiger partial charge in [0.2, 0.25) is 12.6 Å². The van der Waals surface area contributed by atoms with E-state index in [-0.39, 0.29) is 17.1 Å². The Hall–Kier alpha value is -3.43. The van der Waals surface area contributed by atoms with Crippen LogP contribution in [-0.4, -0.2) is 91.4 Å². The van der Waals surface area contributed by atoms with Gasteiger partial charge in [-0.3, -0.25) is 24.0 Å². The Kier molecular flexibility index (Phi) is 14.1. The van der Waals surface area contributed by atoms with Crippen molar-refractivity contribution in [2.75, 3.05) is 19.5 Å². The van der Waals surface area contributed by atoms with E-state index >= 15 is 0 Å². The van der Waals surface area contributed by atoms with Crippen LogP contribution in [0.3, 0.4) is 0 Å². The second-order valence-corrected chi connectivity index (χ2v) is 10.7. The van der Waals surface area contributed by atoms with Crippen LogP contribution < -0.4 is 0 Å². The summed E-state index contributed by atoms with van der Waals surface area (Å²) in [7, 11) is 1.20. The van der Waals surface area contributed by atoms with E-state index in [0.29, 0.717) is 11.3 Å². The average Bonchev–Trinajstić information content (AvgIpc) is 2.93. The zero-order valence-electron chi connectivity index (χ0n) is 25.1. The van der Waals surface area contributed by atoms with Crippen molar-refractivity contribution >= 4 is 46.7 Å². The first-order valence-corrected chi connectivity index (χ1v) is 14.5. The SMILES string of the molecule is C/C=C1/[C@H](O[C@@H]2O[C@H](COC(C)=O)[C@@H](OC(C)=O)[C@H](OC(C)=O)[C@H]2OC(C)=O)OC=C(C(=O)OC)[C@H]1CC(=O)SCCC. The Morgan fingerprint density at radius 3 is 2.05 bits per heavy atom. The van der Waals surface area contributed by atoms with E-state index in [1.165, 1.54) is 7.11 Å². The molecule has 0 N–H and O–H groups in total. The van der Waals surface area contributed by atoms with Gasteiger partial charge in [-0.25, -0.2) is 4.79 Å². The number of ether oxygens (including phenoxy) is 8. The van der Waals surface area contributed by atoms with E-state index in [0.717, 1.165) is 52.1 Å². The Morgan fingerprint density at radius 2 is 1.51 bits per heavy atom. The zero-order valence-corrected chi connectivity index (χ0v) is 26.0. The minimum absolute atomic E-state index is 0.0763. The number of carbonyl (C=O) groups is 6. The quantitative estimate of drug-likeness (QED) is 0.174. The highest BCUT2D eigenvalue weighted by molar-refractivity contribution is 8.13. The van der Waals surface area contributed by atoms with Gasteiger partial charge in [0.1, 0.15) is 12.7 Å². The van der Waals surface area contributed by atoms with Gasteiger partial charge in [-0.2, -0.15) is 0 Å². The predicted molar refractivity (Wildman–Crippen MR) is 148 cm³/mol. The summed E-state index contributed by atoms with van der Waals surface area (Å²) in [6.07, 6.45) is -4.96. The van der Waals surface area contributed by atoms with Crippen molar-refractivity contribution in [3.63, 3.8) is 0 Å². The number of rotatable bonds is 12. The van der Waals surface area contributed by atoms with E-state index in [9.17, 15) is 28.8 Å². The lowest BCUT2D eigenvalue weighted by molar-refractivity contribution is -0.331. The molecule has 2 rings (SSSR count). The molecule has 15 heteroatoms. The second-order valence-electron chi connectivity index (χ2n) is 9.50. The summed E-state index contributed by atoms with van der Waals surface area (Å²) in [6, 6.07) is 0. The van der Waals surface area contributed by atoms with Crippen molar-refractivity contribution in [2.24, 2.45) is 5.92 Å². The number of hydrogen-bond acceptors (Lipinski definition) is 15. The minimum atomic E-state index is -1.54. The van der Waals surface area contributed by atoms with Crippen molar-refractivity contribution in [1.82, 2.24) is 0 Å². The number of allylic oxidation sites excluding steroid dienone is 1. The van der Waals surface area contributed by atoms with Crippen LogP contribution in [0.5, 0.6) is 0 Å². The number of methoxy groups -OCH3 is 1. The summed E-state index contributed by atoms with van der Waals surface area (Å²) in [5.41, 5.74) is 0.448. The summed E-state index contributed by atoms with van der Waals surface area (Å²) in [5.74, 6) is -3.96. The molecule has 43 heavy (non-hydrogen) atoms. The first-order chi connectivity index (χ1) is 20.3. The van der Waals surface area contributed by atoms with Crippen LogP contribution in [0.2, 0.25) is 0 Å². The molecule has 2 aliphatic rings. The molecule has 0 bridgehead atoms. The third-order valence-corrected chi connectivity index (χ3v) is 7.27. The summed E-state index contributed by atoms with van der Waals surface area (Å²) in [6.45, 7) is 7.60. The molecule has 2 aliphatic heterocycles. The molecule has 1 saturated heterocycles. The van der Waals surface area contributed by atoms with Crippen molar-refractivity contribution < 1.29 is 66.7 Å². The van der Waals surface area contributed by atoms with Gasteiger partial charge in [0.25, 0.3) is 0 Å². The molecule has 0 radical (unpaired) electrons. The predicted octanol–water partition coefficient (Wildman–Crippen LogP) is 2.12. The van der Waals surface area contributed by atoms with E-state index in [1.54, 1.807) is 13.0 Å². The van der Waals surface area contributed by atoms with Crippen molar-refractivity contribution in [1.29, 1.82) is 0 Å². The maximum Gasteiger partial charge on any atom is 0.337 e. The van der Waals surface area contributed by atoms with Crippen LogP contribution in [0.4, 0.5) is 0 Å². The normalized spacial score (nSPS) is 27.7. The van der Waals surface area contributed by atoms with E-state index in [4.69, 9.17) is 37.9 Å². The average molecular weight is 631 g/mol. The molecule has 0 saturated carbocycles. The number of esters is 5. The monoisotopic (exact) mass is 630 g/mol. The van der Waals surface area contributed by atoms with Crippen molar-refractivity contribution in [2.45, 2.75) is 91.4 Å². The Balaban J connectivity index is 2.53. The van der Waals surface area contributed by atoms with E-state index in [1.807, 2.05) is 6.92 Å². The minimum Gasteiger partial charge on any atom is -0.468 e. The van der Waals surface area contributed by atoms with Gasteiger partial charge in [0, 0.05) is 51.4 Å². The Morgan fingerprint density at radius 1 is 0.907 bits per heavy atom. The van der Waals surface area contributed by atoms with Gasteiger partial charge in [-0.15, -0.1) is 0 Å². The largest absolute Gasteiger partial charge is 0.468 e. The second kappa shape index (κ2) is 17.0. The van der Waals surface area contributed by atoms with E-state index in [2.05, 4.69) is 0 Å². The van der Waals surface area contributed by atoms with Gasteiger partial charge >= 0.3 is 29.8 Å². The molecular weight excluding hydrogens is 592 g/mol.